The molecule has 2 atom stereocenters. The first kappa shape index (κ1) is 10.9. The number of hydrogen-bond acceptors (Lipinski definition) is 4. The van der Waals surface area contributed by atoms with Gasteiger partial charge in [0, 0.05) is 19.7 Å². The van der Waals surface area contributed by atoms with Gasteiger partial charge in [0.1, 0.15) is 6.10 Å². The quantitative estimate of drug-likeness (QED) is 0.636. The predicted molar refractivity (Wildman–Crippen MR) is 54.6 cm³/mol. The van der Waals surface area contributed by atoms with Crippen molar-refractivity contribution in [1.29, 1.82) is 0 Å². The van der Waals surface area contributed by atoms with Gasteiger partial charge in [0.2, 0.25) is 0 Å². The van der Waals surface area contributed by atoms with Crippen molar-refractivity contribution in [3.63, 3.8) is 0 Å². The van der Waals surface area contributed by atoms with Gasteiger partial charge in [-0.2, -0.15) is 0 Å². The number of rotatable bonds is 2. The molecule has 2 saturated heterocycles. The molecule has 86 valence electrons. The highest BCUT2D eigenvalue weighted by molar-refractivity contribution is 5.81. The summed E-state index contributed by atoms with van der Waals surface area (Å²) in [6.45, 7) is 3.49. The fourth-order valence-corrected chi connectivity index (χ4v) is 1.88. The fraction of sp³-hybridized carbons (Fsp3) is 0.900. The van der Waals surface area contributed by atoms with Gasteiger partial charge in [0.25, 0.3) is 5.91 Å². The van der Waals surface area contributed by atoms with E-state index in [0.29, 0.717) is 19.8 Å². The van der Waals surface area contributed by atoms with Crippen LogP contribution in [-0.4, -0.2) is 51.0 Å². The second kappa shape index (κ2) is 5.44. The summed E-state index contributed by atoms with van der Waals surface area (Å²) in [7, 11) is 0. The molecule has 2 rings (SSSR count). The summed E-state index contributed by atoms with van der Waals surface area (Å²) < 4.78 is 10.7. The van der Waals surface area contributed by atoms with Gasteiger partial charge in [0.15, 0.2) is 0 Å². The average molecular weight is 214 g/mol. The molecular weight excluding hydrogens is 196 g/mol. The Morgan fingerprint density at radius 2 is 2.33 bits per heavy atom. The summed E-state index contributed by atoms with van der Waals surface area (Å²) in [6.07, 6.45) is 1.70. The van der Waals surface area contributed by atoms with Crippen LogP contribution in [0, 0.1) is 0 Å². The molecule has 0 radical (unpaired) electrons. The largest absolute Gasteiger partial charge is 0.379 e. The molecule has 2 heterocycles. The van der Waals surface area contributed by atoms with E-state index in [1.54, 1.807) is 0 Å². The molecule has 2 N–H and O–H groups in total. The van der Waals surface area contributed by atoms with E-state index >= 15 is 0 Å². The first-order chi connectivity index (χ1) is 7.36. The van der Waals surface area contributed by atoms with E-state index in [0.717, 1.165) is 26.0 Å². The Labute approximate surface area is 89.5 Å². The van der Waals surface area contributed by atoms with E-state index < -0.39 is 0 Å². The highest BCUT2D eigenvalue weighted by Crippen LogP contribution is 2.06. The molecule has 2 aliphatic rings. The van der Waals surface area contributed by atoms with Crippen molar-refractivity contribution in [2.75, 3.05) is 32.9 Å². The lowest BCUT2D eigenvalue weighted by atomic mass is 10.1. The molecule has 2 unspecified atom stereocenters. The molecule has 5 heteroatoms. The molecule has 0 bridgehead atoms. The van der Waals surface area contributed by atoms with Gasteiger partial charge in [-0.05, 0) is 12.8 Å². The van der Waals surface area contributed by atoms with Crippen molar-refractivity contribution in [2.24, 2.45) is 0 Å². The molecule has 0 aromatic carbocycles. The third kappa shape index (κ3) is 3.15. The first-order valence-electron chi connectivity index (χ1n) is 5.57. The number of ether oxygens (including phenoxy) is 2. The van der Waals surface area contributed by atoms with Crippen molar-refractivity contribution in [2.45, 2.75) is 25.0 Å². The molecule has 15 heavy (non-hydrogen) atoms. The third-order valence-corrected chi connectivity index (χ3v) is 2.73. The zero-order chi connectivity index (χ0) is 10.5. The zero-order valence-electron chi connectivity index (χ0n) is 8.83. The Morgan fingerprint density at radius 1 is 1.40 bits per heavy atom. The summed E-state index contributed by atoms with van der Waals surface area (Å²) in [6, 6.07) is 0.164. The summed E-state index contributed by atoms with van der Waals surface area (Å²) >= 11 is 0. The lowest BCUT2D eigenvalue weighted by Gasteiger charge is -2.27. The molecule has 2 aliphatic heterocycles. The first-order valence-corrected chi connectivity index (χ1v) is 5.57. The second-order valence-electron chi connectivity index (χ2n) is 3.99. The molecule has 0 aromatic rings. The number of nitrogens with one attached hydrogen (secondary N) is 2. The van der Waals surface area contributed by atoms with Crippen LogP contribution in [0.15, 0.2) is 0 Å². The van der Waals surface area contributed by atoms with Crippen molar-refractivity contribution in [3.8, 4) is 0 Å². The van der Waals surface area contributed by atoms with Crippen LogP contribution in [0.3, 0.4) is 0 Å². The minimum absolute atomic E-state index is 0.0160. The highest BCUT2D eigenvalue weighted by Gasteiger charge is 2.24. The lowest BCUT2D eigenvalue weighted by Crippen LogP contribution is -2.51. The molecule has 0 aliphatic carbocycles. The molecule has 0 saturated carbocycles. The van der Waals surface area contributed by atoms with Gasteiger partial charge in [-0.15, -0.1) is 0 Å². The van der Waals surface area contributed by atoms with Gasteiger partial charge >= 0.3 is 0 Å². The second-order valence-corrected chi connectivity index (χ2v) is 3.99. The summed E-state index contributed by atoms with van der Waals surface area (Å²) in [5, 5.41) is 6.10. The van der Waals surface area contributed by atoms with E-state index in [1.807, 2.05) is 0 Å². The minimum Gasteiger partial charge on any atom is -0.379 e. The van der Waals surface area contributed by atoms with E-state index in [2.05, 4.69) is 10.6 Å². The molecule has 2 fully saturated rings. The summed E-state index contributed by atoms with van der Waals surface area (Å²) in [5.74, 6) is -0.0160. The van der Waals surface area contributed by atoms with Crippen LogP contribution in [0.4, 0.5) is 0 Å². The van der Waals surface area contributed by atoms with E-state index in [4.69, 9.17) is 9.47 Å². The Kier molecular flexibility index (Phi) is 3.94. The standard InChI is InChI=1S/C10H18N2O3/c13-10(9-6-11-3-5-15-9)12-8-2-1-4-14-7-8/h8-9,11H,1-7H2,(H,12,13). The van der Waals surface area contributed by atoms with Crippen LogP contribution in [-0.2, 0) is 14.3 Å². The van der Waals surface area contributed by atoms with Crippen LogP contribution < -0.4 is 10.6 Å². The van der Waals surface area contributed by atoms with Crippen LogP contribution >= 0.6 is 0 Å². The van der Waals surface area contributed by atoms with Gasteiger partial charge in [-0.3, -0.25) is 4.79 Å². The van der Waals surface area contributed by atoms with Crippen LogP contribution in [0.1, 0.15) is 12.8 Å². The molecule has 1 amide bonds. The van der Waals surface area contributed by atoms with E-state index in [-0.39, 0.29) is 18.1 Å². The van der Waals surface area contributed by atoms with E-state index in [9.17, 15) is 4.79 Å². The van der Waals surface area contributed by atoms with Crippen molar-refractivity contribution in [3.05, 3.63) is 0 Å². The van der Waals surface area contributed by atoms with Crippen molar-refractivity contribution >= 4 is 5.91 Å². The topological polar surface area (TPSA) is 59.6 Å². The van der Waals surface area contributed by atoms with Crippen LogP contribution in [0.25, 0.3) is 0 Å². The smallest absolute Gasteiger partial charge is 0.250 e. The number of carbonyl (C=O) groups is 1. The Bertz CT molecular complexity index is 211. The maximum absolute atomic E-state index is 11.7. The molecule has 5 nitrogen and oxygen atoms in total. The minimum atomic E-state index is -0.333. The van der Waals surface area contributed by atoms with E-state index in [1.165, 1.54) is 0 Å². The summed E-state index contributed by atoms with van der Waals surface area (Å²) in [5.41, 5.74) is 0. The van der Waals surface area contributed by atoms with Crippen LogP contribution in [0.5, 0.6) is 0 Å². The molecule has 0 spiro atoms. The Hall–Kier alpha value is -0.650. The maximum atomic E-state index is 11.7. The molecule has 0 aromatic heterocycles. The van der Waals surface area contributed by atoms with Crippen molar-refractivity contribution in [1.82, 2.24) is 10.6 Å². The zero-order valence-corrected chi connectivity index (χ0v) is 8.83. The predicted octanol–water partition coefficient (Wildman–Crippen LogP) is -0.730. The fourth-order valence-electron chi connectivity index (χ4n) is 1.88. The normalized spacial score (nSPS) is 32.3. The summed E-state index contributed by atoms with van der Waals surface area (Å²) in [4.78, 5) is 11.7. The highest BCUT2D eigenvalue weighted by atomic mass is 16.5. The van der Waals surface area contributed by atoms with Crippen LogP contribution in [0.2, 0.25) is 0 Å². The third-order valence-electron chi connectivity index (χ3n) is 2.73. The number of carbonyl (C=O) groups excluding carboxylic acids is 1. The monoisotopic (exact) mass is 214 g/mol. The van der Waals surface area contributed by atoms with Crippen molar-refractivity contribution < 1.29 is 14.3 Å². The average Bonchev–Trinajstić information content (AvgIpc) is 2.31. The van der Waals surface area contributed by atoms with Gasteiger partial charge in [0.05, 0.1) is 19.3 Å². The number of amides is 1. The van der Waals surface area contributed by atoms with Gasteiger partial charge in [-0.25, -0.2) is 0 Å². The van der Waals surface area contributed by atoms with Gasteiger partial charge < -0.3 is 20.1 Å². The molecular formula is C10H18N2O3. The SMILES string of the molecule is O=C(NC1CCCOC1)C1CNCCO1. The number of morpholine rings is 1. The Morgan fingerprint density at radius 3 is 3.00 bits per heavy atom. The number of hydrogen-bond donors (Lipinski definition) is 2. The van der Waals surface area contributed by atoms with Gasteiger partial charge in [-0.1, -0.05) is 0 Å². The lowest BCUT2D eigenvalue weighted by molar-refractivity contribution is -0.135. The maximum Gasteiger partial charge on any atom is 0.250 e. The Balaban J connectivity index is 1.74.